The van der Waals surface area contributed by atoms with Gasteiger partial charge >= 0.3 is 0 Å². The first-order valence-electron chi connectivity index (χ1n) is 17.0. The monoisotopic (exact) mass is 600 g/mol. The van der Waals surface area contributed by atoms with E-state index in [-0.39, 0.29) is 0 Å². The van der Waals surface area contributed by atoms with Crippen LogP contribution in [0.3, 0.4) is 0 Å². The summed E-state index contributed by atoms with van der Waals surface area (Å²) in [5.41, 5.74) is 7.95. The molecule has 0 fully saturated rings. The average Bonchev–Trinajstić information content (AvgIpc) is 3.10. The maximum Gasteiger partial charge on any atom is 0.212 e. The van der Waals surface area contributed by atoms with Crippen LogP contribution in [0.5, 0.6) is 0 Å². The van der Waals surface area contributed by atoms with Crippen LogP contribution in [0, 0.1) is 17.9 Å². The third-order valence-electron chi connectivity index (χ3n) is 8.90. The molecule has 0 radical (unpaired) electrons. The molecule has 0 unspecified atom stereocenters. The van der Waals surface area contributed by atoms with Gasteiger partial charge in [-0.15, -0.1) is 0 Å². The van der Waals surface area contributed by atoms with E-state index < -0.39 is 0 Å². The molecule has 0 spiro atoms. The third-order valence-corrected chi connectivity index (χ3v) is 8.90. The molecular formula is C44H44N2. The highest BCUT2D eigenvalue weighted by Crippen LogP contribution is 2.39. The lowest BCUT2D eigenvalue weighted by atomic mass is 9.93. The molecule has 0 amide bonds. The number of unbranched alkanes of at least 4 members (excludes halogenated alkanes) is 6. The summed E-state index contributed by atoms with van der Waals surface area (Å²) in [6, 6.07) is 32.4. The SMILES string of the molecule is [C-]#[N+]c1c(C#N)c2cc(/C=C/c3ccc(CCCCCC)cc3)ccc2c2ccc(/C=C/c3ccc(CCCCCC)cc3)cc12. The summed E-state index contributed by atoms with van der Waals surface area (Å²) >= 11 is 0. The molecule has 0 atom stereocenters. The van der Waals surface area contributed by atoms with Crippen molar-refractivity contribution in [2.75, 3.05) is 0 Å². The summed E-state index contributed by atoms with van der Waals surface area (Å²) in [4.78, 5) is 3.87. The number of nitrogens with zero attached hydrogens (tertiary/aromatic N) is 2. The van der Waals surface area contributed by atoms with Gasteiger partial charge in [0.15, 0.2) is 0 Å². The van der Waals surface area contributed by atoms with E-state index in [0.29, 0.717) is 11.3 Å². The van der Waals surface area contributed by atoms with Crippen molar-refractivity contribution in [1.29, 1.82) is 5.26 Å². The highest BCUT2D eigenvalue weighted by molar-refractivity contribution is 6.17. The number of aryl methyl sites for hydroxylation is 2. The summed E-state index contributed by atoms with van der Waals surface area (Å²) in [6.45, 7) is 12.5. The highest BCUT2D eigenvalue weighted by Gasteiger charge is 2.15. The molecule has 230 valence electrons. The first-order chi connectivity index (χ1) is 22.6. The van der Waals surface area contributed by atoms with Gasteiger partial charge in [-0.05, 0) is 86.7 Å². The Morgan fingerprint density at radius 3 is 1.43 bits per heavy atom. The van der Waals surface area contributed by atoms with Crippen molar-refractivity contribution in [3.63, 3.8) is 0 Å². The number of nitriles is 1. The van der Waals surface area contributed by atoms with Crippen LogP contribution < -0.4 is 0 Å². The second-order valence-corrected chi connectivity index (χ2v) is 12.3. The lowest BCUT2D eigenvalue weighted by Gasteiger charge is -2.11. The molecule has 5 rings (SSSR count). The molecule has 0 heterocycles. The molecule has 0 aliphatic heterocycles. The minimum atomic E-state index is 0.420. The third kappa shape index (κ3) is 8.21. The Labute approximate surface area is 275 Å². The lowest BCUT2D eigenvalue weighted by Crippen LogP contribution is -1.88. The molecule has 5 aromatic carbocycles. The van der Waals surface area contributed by atoms with E-state index in [2.05, 4.69) is 122 Å². The number of hydrogen-bond donors (Lipinski definition) is 0. The molecule has 0 saturated heterocycles. The van der Waals surface area contributed by atoms with Gasteiger partial charge < -0.3 is 0 Å². The lowest BCUT2D eigenvalue weighted by molar-refractivity contribution is 0.667. The Balaban J connectivity index is 1.36. The molecule has 0 aromatic heterocycles. The second kappa shape index (κ2) is 16.4. The maximum absolute atomic E-state index is 10.2. The van der Waals surface area contributed by atoms with Crippen LogP contribution in [0.25, 0.3) is 50.7 Å². The molecule has 2 heteroatoms. The Kier molecular flexibility index (Phi) is 11.6. The Morgan fingerprint density at radius 1 is 0.543 bits per heavy atom. The Bertz CT molecular complexity index is 1770. The minimum absolute atomic E-state index is 0.420. The van der Waals surface area contributed by atoms with Crippen molar-refractivity contribution in [1.82, 2.24) is 0 Å². The smallest absolute Gasteiger partial charge is 0.212 e. The van der Waals surface area contributed by atoms with Gasteiger partial charge in [0.2, 0.25) is 5.69 Å². The van der Waals surface area contributed by atoms with E-state index in [4.69, 9.17) is 6.57 Å². The molecular weight excluding hydrogens is 556 g/mol. The van der Waals surface area contributed by atoms with Crippen LogP contribution in [-0.2, 0) is 12.8 Å². The predicted octanol–water partition coefficient (Wildman–Crippen LogP) is 13.0. The molecule has 0 N–H and O–H groups in total. The van der Waals surface area contributed by atoms with E-state index in [1.54, 1.807) is 0 Å². The standard InChI is InChI=1S/C44H44N2/c1-4-6-8-10-12-33-14-18-35(19-15-33)22-24-37-26-28-39-40-29-27-38(31-42(40)44(46-3)43(32-45)41(39)30-37)25-23-36-20-16-34(17-21-36)13-11-9-7-5-2/h14-31H,4-13H2,1-2H3/b24-22+,25-23+. The molecule has 0 bridgehead atoms. The molecule has 0 aliphatic carbocycles. The fourth-order valence-electron chi connectivity index (χ4n) is 6.18. The zero-order chi connectivity index (χ0) is 32.1. The first kappa shape index (κ1) is 32.5. The summed E-state index contributed by atoms with van der Waals surface area (Å²) in [5, 5.41) is 13.9. The summed E-state index contributed by atoms with van der Waals surface area (Å²) in [7, 11) is 0. The maximum atomic E-state index is 10.2. The van der Waals surface area contributed by atoms with E-state index in [9.17, 15) is 5.26 Å². The summed E-state index contributed by atoms with van der Waals surface area (Å²) in [5.74, 6) is 0. The van der Waals surface area contributed by atoms with Gasteiger partial charge in [0, 0.05) is 0 Å². The van der Waals surface area contributed by atoms with Gasteiger partial charge in [-0.25, -0.2) is 4.85 Å². The van der Waals surface area contributed by atoms with Gasteiger partial charge in [0.05, 0.1) is 18.2 Å². The fourth-order valence-corrected chi connectivity index (χ4v) is 6.18. The number of rotatable bonds is 14. The van der Waals surface area contributed by atoms with Gasteiger partial charge in [-0.3, -0.25) is 0 Å². The molecule has 0 saturated carbocycles. The van der Waals surface area contributed by atoms with Crippen molar-refractivity contribution in [2.24, 2.45) is 0 Å². The van der Waals surface area contributed by atoms with Crippen molar-refractivity contribution in [3.05, 3.63) is 135 Å². The quantitative estimate of drug-likeness (QED) is 0.0539. The summed E-state index contributed by atoms with van der Waals surface area (Å²) in [6.07, 6.45) is 20.9. The topological polar surface area (TPSA) is 28.1 Å². The second-order valence-electron chi connectivity index (χ2n) is 12.3. The van der Waals surface area contributed by atoms with Crippen molar-refractivity contribution in [3.8, 4) is 6.07 Å². The average molecular weight is 601 g/mol. The fraction of sp³-hybridized carbons (Fsp3) is 0.273. The zero-order valence-electron chi connectivity index (χ0n) is 27.4. The predicted molar refractivity (Wildman–Crippen MR) is 199 cm³/mol. The van der Waals surface area contributed by atoms with Gasteiger partial charge in [0.25, 0.3) is 0 Å². The Morgan fingerprint density at radius 2 is 0.978 bits per heavy atom. The number of hydrogen-bond acceptors (Lipinski definition) is 1. The Hall–Kier alpha value is -4.92. The first-order valence-corrected chi connectivity index (χ1v) is 17.0. The van der Waals surface area contributed by atoms with Crippen molar-refractivity contribution < 1.29 is 0 Å². The van der Waals surface area contributed by atoms with E-state index in [0.717, 1.165) is 56.6 Å². The van der Waals surface area contributed by atoms with E-state index >= 15 is 0 Å². The van der Waals surface area contributed by atoms with Gasteiger partial charge in [-0.2, -0.15) is 5.26 Å². The van der Waals surface area contributed by atoms with Crippen LogP contribution in [0.15, 0.2) is 84.9 Å². The highest BCUT2D eigenvalue weighted by atomic mass is 14.7. The van der Waals surface area contributed by atoms with Crippen LogP contribution in [0.4, 0.5) is 5.69 Å². The normalized spacial score (nSPS) is 11.5. The molecule has 0 aliphatic rings. The van der Waals surface area contributed by atoms with Crippen LogP contribution in [0.2, 0.25) is 0 Å². The van der Waals surface area contributed by atoms with Crippen LogP contribution in [-0.4, -0.2) is 0 Å². The molecule has 46 heavy (non-hydrogen) atoms. The summed E-state index contributed by atoms with van der Waals surface area (Å²) < 4.78 is 0. The number of benzene rings is 5. The van der Waals surface area contributed by atoms with E-state index in [1.165, 1.54) is 62.5 Å². The van der Waals surface area contributed by atoms with Gasteiger partial charge in [0.1, 0.15) is 0 Å². The molecule has 2 nitrogen and oxygen atoms in total. The minimum Gasteiger partial charge on any atom is -0.236 e. The zero-order valence-corrected chi connectivity index (χ0v) is 27.4. The molecule has 5 aromatic rings. The van der Waals surface area contributed by atoms with E-state index in [1.807, 2.05) is 12.1 Å². The number of fused-ring (bicyclic) bond motifs is 3. The van der Waals surface area contributed by atoms with Crippen molar-refractivity contribution in [2.45, 2.75) is 78.1 Å². The van der Waals surface area contributed by atoms with Crippen LogP contribution >= 0.6 is 0 Å². The van der Waals surface area contributed by atoms with Gasteiger partial charge in [-0.1, -0.05) is 156 Å². The van der Waals surface area contributed by atoms with Crippen LogP contribution in [0.1, 0.15) is 104 Å². The van der Waals surface area contributed by atoms with Crippen molar-refractivity contribution >= 4 is 51.5 Å². The largest absolute Gasteiger partial charge is 0.236 e.